The molecule has 1 saturated carbocycles. The molecule has 2 N–H and O–H groups in total. The van der Waals surface area contributed by atoms with E-state index in [1.807, 2.05) is 0 Å². The van der Waals surface area contributed by atoms with Crippen molar-refractivity contribution in [1.29, 1.82) is 0 Å². The molecule has 0 aromatic rings. The number of rotatable bonds is 6. The Morgan fingerprint density at radius 3 is 2.47 bits per heavy atom. The van der Waals surface area contributed by atoms with Crippen molar-refractivity contribution in [3.63, 3.8) is 0 Å². The van der Waals surface area contributed by atoms with Gasteiger partial charge in [0, 0.05) is 18.6 Å². The van der Waals surface area contributed by atoms with Crippen LogP contribution in [-0.4, -0.2) is 32.4 Å². The lowest BCUT2D eigenvalue weighted by molar-refractivity contribution is 0.134. The SMILES string of the molecule is C=CCS(=O)(=O)NCC1(CO)CCCC1. The molecule has 0 aromatic heterocycles. The molecule has 0 aliphatic heterocycles. The number of sulfonamides is 1. The summed E-state index contributed by atoms with van der Waals surface area (Å²) in [5, 5.41) is 9.29. The quantitative estimate of drug-likeness (QED) is 0.662. The van der Waals surface area contributed by atoms with Crippen LogP contribution in [0.25, 0.3) is 0 Å². The van der Waals surface area contributed by atoms with Crippen LogP contribution in [0.4, 0.5) is 0 Å². The van der Waals surface area contributed by atoms with Crippen LogP contribution in [0.1, 0.15) is 25.7 Å². The van der Waals surface area contributed by atoms with E-state index in [0.29, 0.717) is 6.54 Å². The molecule has 0 unspecified atom stereocenters. The van der Waals surface area contributed by atoms with Crippen LogP contribution in [0.5, 0.6) is 0 Å². The van der Waals surface area contributed by atoms with E-state index in [-0.39, 0.29) is 17.8 Å². The van der Waals surface area contributed by atoms with E-state index in [1.165, 1.54) is 6.08 Å². The standard InChI is InChI=1S/C10H19NO3S/c1-2-7-15(13,14)11-8-10(9-12)5-3-4-6-10/h2,11-12H,1,3-9H2. The second-order valence-corrected chi connectivity index (χ2v) is 6.11. The van der Waals surface area contributed by atoms with Crippen LogP contribution < -0.4 is 4.72 Å². The van der Waals surface area contributed by atoms with Gasteiger partial charge in [-0.3, -0.25) is 0 Å². The average molecular weight is 233 g/mol. The largest absolute Gasteiger partial charge is 0.396 e. The Morgan fingerprint density at radius 2 is 2.00 bits per heavy atom. The predicted molar refractivity (Wildman–Crippen MR) is 60.0 cm³/mol. The highest BCUT2D eigenvalue weighted by molar-refractivity contribution is 7.89. The Hall–Kier alpha value is -0.390. The Bertz CT molecular complexity index is 305. The first-order valence-electron chi connectivity index (χ1n) is 5.23. The summed E-state index contributed by atoms with van der Waals surface area (Å²) in [6.45, 7) is 3.80. The van der Waals surface area contributed by atoms with Crippen molar-refractivity contribution >= 4 is 10.0 Å². The fourth-order valence-corrected chi connectivity index (χ4v) is 2.95. The smallest absolute Gasteiger partial charge is 0.215 e. The second-order valence-electron chi connectivity index (χ2n) is 4.26. The maximum Gasteiger partial charge on any atom is 0.215 e. The first kappa shape index (κ1) is 12.7. The number of hydrogen-bond donors (Lipinski definition) is 2. The lowest BCUT2D eigenvalue weighted by Crippen LogP contribution is -2.38. The highest BCUT2D eigenvalue weighted by Crippen LogP contribution is 2.36. The minimum atomic E-state index is -3.25. The highest BCUT2D eigenvalue weighted by Gasteiger charge is 2.33. The molecule has 15 heavy (non-hydrogen) atoms. The number of nitrogens with one attached hydrogen (secondary N) is 1. The molecule has 0 aromatic carbocycles. The molecule has 4 nitrogen and oxygen atoms in total. The van der Waals surface area contributed by atoms with Gasteiger partial charge < -0.3 is 5.11 Å². The molecule has 1 aliphatic carbocycles. The Balaban J connectivity index is 2.51. The van der Waals surface area contributed by atoms with E-state index in [2.05, 4.69) is 11.3 Å². The molecule has 88 valence electrons. The molecule has 0 radical (unpaired) electrons. The van der Waals surface area contributed by atoms with Crippen molar-refractivity contribution in [2.45, 2.75) is 25.7 Å². The van der Waals surface area contributed by atoms with Crippen molar-refractivity contribution in [2.75, 3.05) is 18.9 Å². The molecule has 0 heterocycles. The zero-order chi connectivity index (χ0) is 11.4. The Morgan fingerprint density at radius 1 is 1.40 bits per heavy atom. The minimum Gasteiger partial charge on any atom is -0.396 e. The summed E-state index contributed by atoms with van der Waals surface area (Å²) in [7, 11) is -3.25. The first-order chi connectivity index (χ1) is 7.04. The van der Waals surface area contributed by atoms with E-state index in [1.54, 1.807) is 0 Å². The van der Waals surface area contributed by atoms with E-state index < -0.39 is 10.0 Å². The third kappa shape index (κ3) is 3.59. The van der Waals surface area contributed by atoms with Crippen LogP contribution in [0.3, 0.4) is 0 Å². The molecule has 5 heteroatoms. The molecular formula is C10H19NO3S. The molecule has 1 rings (SSSR count). The summed E-state index contributed by atoms with van der Waals surface area (Å²) in [5.41, 5.74) is -0.228. The van der Waals surface area contributed by atoms with Gasteiger partial charge in [-0.2, -0.15) is 0 Å². The Kier molecular flexibility index (Phi) is 4.31. The summed E-state index contributed by atoms with van der Waals surface area (Å²) in [5.74, 6) is -0.0610. The maximum atomic E-state index is 11.4. The van der Waals surface area contributed by atoms with Gasteiger partial charge in [0.1, 0.15) is 0 Å². The molecule has 0 spiro atoms. The van der Waals surface area contributed by atoms with Gasteiger partial charge in [-0.1, -0.05) is 18.9 Å². The number of aliphatic hydroxyl groups excluding tert-OH is 1. The van der Waals surface area contributed by atoms with E-state index in [9.17, 15) is 13.5 Å². The van der Waals surface area contributed by atoms with Crippen molar-refractivity contribution in [3.05, 3.63) is 12.7 Å². The van der Waals surface area contributed by atoms with Gasteiger partial charge in [0.25, 0.3) is 0 Å². The molecular weight excluding hydrogens is 214 g/mol. The number of aliphatic hydroxyl groups is 1. The Labute approximate surface area is 91.4 Å². The summed E-state index contributed by atoms with van der Waals surface area (Å²) in [4.78, 5) is 0. The fraction of sp³-hybridized carbons (Fsp3) is 0.800. The topological polar surface area (TPSA) is 66.4 Å². The van der Waals surface area contributed by atoms with Crippen molar-refractivity contribution in [3.8, 4) is 0 Å². The van der Waals surface area contributed by atoms with Gasteiger partial charge in [0.05, 0.1) is 5.75 Å². The van der Waals surface area contributed by atoms with Crippen LogP contribution in [0.2, 0.25) is 0 Å². The summed E-state index contributed by atoms with van der Waals surface area (Å²) in [6, 6.07) is 0. The third-order valence-electron chi connectivity index (χ3n) is 3.00. The van der Waals surface area contributed by atoms with E-state index in [4.69, 9.17) is 0 Å². The molecule has 0 atom stereocenters. The summed E-state index contributed by atoms with van der Waals surface area (Å²) >= 11 is 0. The van der Waals surface area contributed by atoms with Crippen molar-refractivity contribution in [2.24, 2.45) is 5.41 Å². The molecule has 1 fully saturated rings. The van der Waals surface area contributed by atoms with Gasteiger partial charge in [-0.25, -0.2) is 13.1 Å². The third-order valence-corrected chi connectivity index (χ3v) is 4.26. The fourth-order valence-electron chi connectivity index (χ4n) is 1.99. The van der Waals surface area contributed by atoms with Crippen LogP contribution >= 0.6 is 0 Å². The minimum absolute atomic E-state index is 0.0591. The first-order valence-corrected chi connectivity index (χ1v) is 6.88. The molecule has 0 saturated heterocycles. The van der Waals surface area contributed by atoms with E-state index >= 15 is 0 Å². The molecule has 0 amide bonds. The van der Waals surface area contributed by atoms with Gasteiger partial charge in [-0.15, -0.1) is 6.58 Å². The second kappa shape index (κ2) is 5.09. The van der Waals surface area contributed by atoms with Gasteiger partial charge >= 0.3 is 0 Å². The van der Waals surface area contributed by atoms with Crippen molar-refractivity contribution in [1.82, 2.24) is 4.72 Å². The lowest BCUT2D eigenvalue weighted by Gasteiger charge is -2.26. The van der Waals surface area contributed by atoms with Gasteiger partial charge in [0.2, 0.25) is 10.0 Å². The van der Waals surface area contributed by atoms with Crippen molar-refractivity contribution < 1.29 is 13.5 Å². The lowest BCUT2D eigenvalue weighted by atomic mass is 9.88. The number of hydrogen-bond acceptors (Lipinski definition) is 3. The van der Waals surface area contributed by atoms with Crippen LogP contribution in [0, 0.1) is 5.41 Å². The predicted octanol–water partition coefficient (Wildman–Crippen LogP) is 0.644. The van der Waals surface area contributed by atoms with Gasteiger partial charge in [0.15, 0.2) is 0 Å². The van der Waals surface area contributed by atoms with Crippen LogP contribution in [0.15, 0.2) is 12.7 Å². The highest BCUT2D eigenvalue weighted by atomic mass is 32.2. The zero-order valence-corrected chi connectivity index (χ0v) is 9.72. The van der Waals surface area contributed by atoms with Crippen LogP contribution in [-0.2, 0) is 10.0 Å². The summed E-state index contributed by atoms with van der Waals surface area (Å²) < 4.78 is 25.3. The summed E-state index contributed by atoms with van der Waals surface area (Å²) in [6.07, 6.45) is 5.32. The normalized spacial score (nSPS) is 20.3. The van der Waals surface area contributed by atoms with Gasteiger partial charge in [-0.05, 0) is 12.8 Å². The molecule has 0 bridgehead atoms. The average Bonchev–Trinajstić information content (AvgIpc) is 2.64. The molecule has 1 aliphatic rings. The maximum absolute atomic E-state index is 11.4. The van der Waals surface area contributed by atoms with E-state index in [0.717, 1.165) is 25.7 Å². The monoisotopic (exact) mass is 233 g/mol. The zero-order valence-electron chi connectivity index (χ0n) is 8.91.